The van der Waals surface area contributed by atoms with E-state index < -0.39 is 6.04 Å². The number of rotatable bonds is 10. The van der Waals surface area contributed by atoms with Crippen molar-refractivity contribution in [1.82, 2.24) is 20.5 Å². The van der Waals surface area contributed by atoms with Gasteiger partial charge in [-0.2, -0.15) is 0 Å². The van der Waals surface area contributed by atoms with Gasteiger partial charge in [-0.3, -0.25) is 4.79 Å². The maximum absolute atomic E-state index is 13.2. The van der Waals surface area contributed by atoms with E-state index in [9.17, 15) is 9.59 Å². The number of para-hydroxylation sites is 1. The number of likely N-dealkylation sites (tertiary alicyclic amines) is 1. The van der Waals surface area contributed by atoms with Crippen molar-refractivity contribution >= 4 is 28.5 Å². The third kappa shape index (κ3) is 7.10. The lowest BCUT2D eigenvalue weighted by atomic mass is 10.0. The second-order valence-corrected chi connectivity index (χ2v) is 10.0. The van der Waals surface area contributed by atoms with Gasteiger partial charge in [-0.05, 0) is 74.1 Å². The number of piperidine rings is 1. The normalized spacial score (nSPS) is 15.1. The van der Waals surface area contributed by atoms with Gasteiger partial charge < -0.3 is 25.8 Å². The average molecular weight is 490 g/mol. The third-order valence-electron chi connectivity index (χ3n) is 6.96. The summed E-state index contributed by atoms with van der Waals surface area (Å²) in [4.78, 5) is 31.8. The molecule has 0 aliphatic carbocycles. The Morgan fingerprint density at radius 2 is 1.75 bits per heavy atom. The van der Waals surface area contributed by atoms with Crippen LogP contribution in [0.1, 0.15) is 56.6 Å². The number of hydrogen-bond donors (Lipinski definition) is 4. The molecule has 1 aromatic heterocycles. The van der Waals surface area contributed by atoms with E-state index in [0.29, 0.717) is 24.6 Å². The molecule has 0 bridgehead atoms. The van der Waals surface area contributed by atoms with E-state index in [-0.39, 0.29) is 11.9 Å². The molecule has 7 heteroatoms. The summed E-state index contributed by atoms with van der Waals surface area (Å²) in [6, 6.07) is 14.7. The lowest BCUT2D eigenvalue weighted by Crippen LogP contribution is -2.49. The molecule has 2 heterocycles. The number of amides is 3. The predicted molar refractivity (Wildman–Crippen MR) is 146 cm³/mol. The zero-order chi connectivity index (χ0) is 25.3. The summed E-state index contributed by atoms with van der Waals surface area (Å²) in [5.41, 5.74) is 3.93. The number of carbonyl (C=O) groups is 2. The van der Waals surface area contributed by atoms with Crippen LogP contribution in [0, 0.1) is 0 Å². The minimum absolute atomic E-state index is 0.163. The van der Waals surface area contributed by atoms with Crippen LogP contribution in [0.2, 0.25) is 0 Å². The van der Waals surface area contributed by atoms with E-state index in [0.717, 1.165) is 42.5 Å². The highest BCUT2D eigenvalue weighted by Crippen LogP contribution is 2.20. The van der Waals surface area contributed by atoms with Gasteiger partial charge in [0.1, 0.15) is 6.04 Å². The fourth-order valence-electron chi connectivity index (χ4n) is 4.83. The molecule has 7 nitrogen and oxygen atoms in total. The lowest BCUT2D eigenvalue weighted by molar-refractivity contribution is -0.122. The summed E-state index contributed by atoms with van der Waals surface area (Å²) in [5.74, 6) is 0.260. The zero-order valence-corrected chi connectivity index (χ0v) is 21.5. The first-order valence-electron chi connectivity index (χ1n) is 13.2. The summed E-state index contributed by atoms with van der Waals surface area (Å²) in [7, 11) is 0. The van der Waals surface area contributed by atoms with E-state index in [1.54, 1.807) is 0 Å². The molecular weight excluding hydrogens is 450 g/mol. The van der Waals surface area contributed by atoms with Crippen LogP contribution >= 0.6 is 0 Å². The molecular formula is C29H39N5O2. The Balaban J connectivity index is 1.38. The van der Waals surface area contributed by atoms with Crippen LogP contribution < -0.4 is 16.0 Å². The molecule has 192 valence electrons. The van der Waals surface area contributed by atoms with Crippen molar-refractivity contribution in [3.8, 4) is 0 Å². The first-order chi connectivity index (χ1) is 17.5. The van der Waals surface area contributed by atoms with Gasteiger partial charge in [-0.1, -0.05) is 50.6 Å². The Morgan fingerprint density at radius 1 is 1.00 bits per heavy atom. The highest BCUT2D eigenvalue weighted by molar-refractivity contribution is 5.94. The van der Waals surface area contributed by atoms with Crippen molar-refractivity contribution in [1.29, 1.82) is 0 Å². The van der Waals surface area contributed by atoms with Crippen LogP contribution in [0.25, 0.3) is 10.9 Å². The van der Waals surface area contributed by atoms with Crippen molar-refractivity contribution in [2.75, 3.05) is 31.5 Å². The molecule has 1 aliphatic rings. The first-order valence-corrected chi connectivity index (χ1v) is 13.2. The van der Waals surface area contributed by atoms with Crippen LogP contribution in [-0.2, 0) is 11.2 Å². The molecule has 0 spiro atoms. The smallest absolute Gasteiger partial charge is 0.319 e. The number of anilines is 1. The molecule has 0 unspecified atom stereocenters. The van der Waals surface area contributed by atoms with Gasteiger partial charge in [0, 0.05) is 35.8 Å². The number of benzene rings is 2. The number of H-pyrrole nitrogens is 1. The van der Waals surface area contributed by atoms with Crippen molar-refractivity contribution in [3.63, 3.8) is 0 Å². The van der Waals surface area contributed by atoms with Crippen LogP contribution in [0.4, 0.5) is 10.5 Å². The zero-order valence-electron chi connectivity index (χ0n) is 21.5. The van der Waals surface area contributed by atoms with Gasteiger partial charge in [0.2, 0.25) is 5.91 Å². The number of aromatic amines is 1. The number of hydrogen-bond acceptors (Lipinski definition) is 3. The summed E-state index contributed by atoms with van der Waals surface area (Å²) >= 11 is 0. The Labute approximate surface area is 214 Å². The maximum atomic E-state index is 13.2. The van der Waals surface area contributed by atoms with Crippen molar-refractivity contribution in [2.24, 2.45) is 0 Å². The molecule has 2 aromatic carbocycles. The molecule has 3 aromatic rings. The minimum Gasteiger partial charge on any atom is -0.361 e. The Bertz CT molecular complexity index is 1130. The fourth-order valence-corrected chi connectivity index (χ4v) is 4.83. The average Bonchev–Trinajstić information content (AvgIpc) is 3.30. The van der Waals surface area contributed by atoms with Gasteiger partial charge in [-0.25, -0.2) is 4.79 Å². The second-order valence-electron chi connectivity index (χ2n) is 10.0. The summed E-state index contributed by atoms with van der Waals surface area (Å²) in [6.45, 7) is 8.16. The third-order valence-corrected chi connectivity index (χ3v) is 6.96. The Kier molecular flexibility index (Phi) is 9.01. The monoisotopic (exact) mass is 489 g/mol. The van der Waals surface area contributed by atoms with Gasteiger partial charge in [0.15, 0.2) is 0 Å². The van der Waals surface area contributed by atoms with Gasteiger partial charge in [0.25, 0.3) is 0 Å². The summed E-state index contributed by atoms with van der Waals surface area (Å²) in [6.07, 6.45) is 7.07. The second kappa shape index (κ2) is 12.6. The molecule has 4 rings (SSSR count). The molecule has 1 fully saturated rings. The van der Waals surface area contributed by atoms with E-state index >= 15 is 0 Å². The first kappa shape index (κ1) is 25.8. The standard InChI is InChI=1S/C29H39N5O2/c1-21(2)22-11-13-24(14-12-22)32-29(36)33-27(19-23-20-31-26-10-5-4-9-25(23)26)28(35)30-15-8-18-34-16-6-3-7-17-34/h4-5,9-14,20-21,27,31H,3,6-8,15-19H2,1-2H3,(H,30,35)(H2,32,33,36)/t27-/m0/s1. The number of urea groups is 1. The van der Waals surface area contributed by atoms with E-state index in [2.05, 4.69) is 39.7 Å². The van der Waals surface area contributed by atoms with Gasteiger partial charge >= 0.3 is 6.03 Å². The van der Waals surface area contributed by atoms with Crippen molar-refractivity contribution in [2.45, 2.75) is 57.9 Å². The van der Waals surface area contributed by atoms with Gasteiger partial charge in [-0.15, -0.1) is 0 Å². The summed E-state index contributed by atoms with van der Waals surface area (Å²) in [5, 5.41) is 9.90. The topological polar surface area (TPSA) is 89.3 Å². The highest BCUT2D eigenvalue weighted by atomic mass is 16.2. The minimum atomic E-state index is -0.686. The van der Waals surface area contributed by atoms with Crippen molar-refractivity contribution < 1.29 is 9.59 Å². The van der Waals surface area contributed by atoms with Crippen LogP contribution in [0.3, 0.4) is 0 Å². The number of nitrogens with zero attached hydrogens (tertiary/aromatic N) is 1. The van der Waals surface area contributed by atoms with Crippen molar-refractivity contribution in [3.05, 3.63) is 65.9 Å². The van der Waals surface area contributed by atoms with Gasteiger partial charge in [0.05, 0.1) is 0 Å². The number of fused-ring (bicyclic) bond motifs is 1. The van der Waals surface area contributed by atoms with E-state index in [1.807, 2.05) is 54.7 Å². The quantitative estimate of drug-likeness (QED) is 0.302. The van der Waals surface area contributed by atoms with E-state index in [4.69, 9.17) is 0 Å². The summed E-state index contributed by atoms with van der Waals surface area (Å²) < 4.78 is 0. The molecule has 0 radical (unpaired) electrons. The SMILES string of the molecule is CC(C)c1ccc(NC(=O)N[C@@H](Cc2c[nH]c3ccccc23)C(=O)NCCCN2CCCCC2)cc1. The van der Waals surface area contributed by atoms with Crippen LogP contribution in [-0.4, -0.2) is 54.0 Å². The molecule has 1 atom stereocenters. The number of nitrogens with one attached hydrogen (secondary N) is 4. The number of carbonyl (C=O) groups excluding carboxylic acids is 2. The Hall–Kier alpha value is -3.32. The molecule has 0 saturated carbocycles. The van der Waals surface area contributed by atoms with Crippen LogP contribution in [0.15, 0.2) is 54.7 Å². The van der Waals surface area contributed by atoms with Crippen LogP contribution in [0.5, 0.6) is 0 Å². The highest BCUT2D eigenvalue weighted by Gasteiger charge is 2.23. The maximum Gasteiger partial charge on any atom is 0.319 e. The molecule has 4 N–H and O–H groups in total. The van der Waals surface area contributed by atoms with E-state index in [1.165, 1.54) is 24.8 Å². The molecule has 3 amide bonds. The molecule has 36 heavy (non-hydrogen) atoms. The fraction of sp³-hybridized carbons (Fsp3) is 0.448. The number of aromatic nitrogens is 1. The predicted octanol–water partition coefficient (Wildman–Crippen LogP) is 5.02. The molecule has 1 saturated heterocycles. The lowest BCUT2D eigenvalue weighted by Gasteiger charge is -2.26. The molecule has 1 aliphatic heterocycles. The Morgan fingerprint density at radius 3 is 2.50 bits per heavy atom. The largest absolute Gasteiger partial charge is 0.361 e.